The summed E-state index contributed by atoms with van der Waals surface area (Å²) in [6.07, 6.45) is 1.06. The van der Waals surface area contributed by atoms with E-state index in [1.807, 2.05) is 0 Å². The number of hydrogen-bond donors (Lipinski definition) is 21. The molecule has 0 bridgehead atoms. The quantitative estimate of drug-likeness (QED) is 0.0112. The summed E-state index contributed by atoms with van der Waals surface area (Å²) in [6, 6.07) is 13.6. The fraction of sp³-hybridized carbons (Fsp3) is 0.452. The fourth-order valence-electron chi connectivity index (χ4n) is 11.2. The van der Waals surface area contributed by atoms with Crippen molar-refractivity contribution in [3.05, 3.63) is 150 Å². The van der Waals surface area contributed by atoms with Crippen LogP contribution < -0.4 is 81.0 Å². The van der Waals surface area contributed by atoms with E-state index in [9.17, 15) is 78.0 Å². The molecule has 0 aliphatic heterocycles. The predicted molar refractivity (Wildman–Crippen MR) is 393 cm³/mol. The molecule has 0 radical (unpaired) electrons. The highest BCUT2D eigenvalue weighted by Crippen LogP contribution is 2.17. The molecular weight excluding hydrogens is 1380 g/mol. The summed E-state index contributed by atoms with van der Waals surface area (Å²) < 4.78 is 0. The van der Waals surface area contributed by atoms with E-state index in [1.165, 1.54) is 68.0 Å². The van der Waals surface area contributed by atoms with Gasteiger partial charge in [-0.05, 0) is 110 Å². The number of aromatic amines is 1. The minimum atomic E-state index is -1.89. The van der Waals surface area contributed by atoms with Crippen LogP contribution in [0.4, 0.5) is 0 Å². The number of aliphatic carboxylic acids is 1. The Morgan fingerprint density at radius 3 is 1.31 bits per heavy atom. The molecule has 0 saturated heterocycles. The SMILES string of the molecule is CC(C)C[C@H](NC(=O)[C@H](CCCNC(=N)N)NC(=O)[C@H](Cc1ccccc1)NC(=O)[C@@H](NC(=O)[C@H](Cc1cnc[nH]1)NC(=O)[C@@H](NC(=O)[C@H](Cc1ccc(O)cc1)NC(=O)[C@H](Cc1ccccc1)NC(=O)CNC(=O)[C@H](Cc1ccc(O)cc1)NC(=O)[C@H](CCCCN)NC(=O)CN)[C@@H](C)O)C(C)C)C(=O)O. The molecule has 5 aromatic rings. The van der Waals surface area contributed by atoms with Gasteiger partial charge in [0.1, 0.15) is 71.9 Å². The second kappa shape index (κ2) is 44.3. The monoisotopic (exact) mass is 1490 g/mol. The van der Waals surface area contributed by atoms with Crippen LogP contribution in [0.25, 0.3) is 0 Å². The number of aromatic nitrogens is 2. The molecule has 1 heterocycles. The molecule has 11 amide bonds. The number of H-pyrrole nitrogens is 1. The molecule has 34 nitrogen and oxygen atoms in total. The molecule has 11 atom stereocenters. The third kappa shape index (κ3) is 30.6. The standard InChI is InChI=1S/C73H102N18O16/c1-41(2)31-58(72(106)107)89-65(99)52(20-14-30-79-73(76)77)84-67(101)55(33-45-17-10-7-11-18-45)87-70(104)61(42(3)4)90-69(103)57(36-48-38-78-40-81-48)88-71(105)62(43(5)92)91-68(102)56(35-47-23-27-50(94)28-24-47)86-66(100)54(32-44-15-8-6-9-16-44)83-60(96)39-80-63(97)53(34-46-21-25-49(93)26-22-46)85-64(98)51(19-12-13-29-74)82-59(95)37-75/h6-11,15-18,21-28,38,40-43,51-58,61-62,92-94H,12-14,19-20,29-37,39,74-75H2,1-5H3,(H,78,81)(H,80,97)(H,82,95)(H,83,96)(H,84,101)(H,85,98)(H,86,100)(H,87,104)(H,88,105)(H,89,99)(H,90,103)(H,91,102)(H,106,107)(H4,76,77,79)/t43-,51+,52+,53+,54+,55+,56+,57+,58+,61+,62+/m1/s1. The number of imidazole rings is 1. The normalized spacial score (nSPS) is 14.2. The van der Waals surface area contributed by atoms with E-state index < -0.39 is 156 Å². The number of hydrogen-bond acceptors (Lipinski definition) is 19. The van der Waals surface area contributed by atoms with Crippen LogP contribution in [-0.4, -0.2) is 200 Å². The Kier molecular flexibility index (Phi) is 35.7. The van der Waals surface area contributed by atoms with E-state index in [-0.39, 0.29) is 87.7 Å². The largest absolute Gasteiger partial charge is 0.508 e. The number of aliphatic hydroxyl groups is 1. The van der Waals surface area contributed by atoms with Crippen molar-refractivity contribution >= 4 is 76.9 Å². The predicted octanol–water partition coefficient (Wildman–Crippen LogP) is -2.18. The van der Waals surface area contributed by atoms with Gasteiger partial charge in [-0.3, -0.25) is 58.1 Å². The number of aromatic hydroxyl groups is 2. The Hall–Kier alpha value is -11.5. The summed E-state index contributed by atoms with van der Waals surface area (Å²) in [6.45, 7) is 7.12. The first-order valence-electron chi connectivity index (χ1n) is 35.2. The first-order chi connectivity index (χ1) is 50.9. The van der Waals surface area contributed by atoms with Crippen molar-refractivity contribution in [1.82, 2.24) is 73.8 Å². The third-order valence-electron chi connectivity index (χ3n) is 16.9. The minimum absolute atomic E-state index is 0.0647. The Bertz CT molecular complexity index is 3740. The lowest BCUT2D eigenvalue weighted by atomic mass is 9.99. The molecular formula is C73H102N18O16. The number of aliphatic hydroxyl groups excluding tert-OH is 1. The van der Waals surface area contributed by atoms with Crippen LogP contribution in [0.15, 0.2) is 122 Å². The van der Waals surface area contributed by atoms with Gasteiger partial charge < -0.3 is 106 Å². The number of phenolic OH excluding ortho intramolecular Hbond substituents is 2. The molecule has 0 spiro atoms. The second-order valence-electron chi connectivity index (χ2n) is 26.6. The molecule has 1 aromatic heterocycles. The van der Waals surface area contributed by atoms with Crippen molar-refractivity contribution in [1.29, 1.82) is 5.41 Å². The van der Waals surface area contributed by atoms with E-state index >= 15 is 0 Å². The smallest absolute Gasteiger partial charge is 0.326 e. The first kappa shape index (κ1) is 86.1. The minimum Gasteiger partial charge on any atom is -0.508 e. The Labute approximate surface area is 619 Å². The number of nitrogens with two attached hydrogens (primary N) is 3. The highest BCUT2D eigenvalue weighted by molar-refractivity contribution is 5.99. The first-order valence-corrected chi connectivity index (χ1v) is 35.2. The van der Waals surface area contributed by atoms with E-state index in [0.29, 0.717) is 47.3 Å². The molecule has 34 heteroatoms. The van der Waals surface area contributed by atoms with Gasteiger partial charge in [0.15, 0.2) is 5.96 Å². The Morgan fingerprint density at radius 2 is 0.860 bits per heavy atom. The maximum absolute atomic E-state index is 14.8. The fourth-order valence-corrected chi connectivity index (χ4v) is 11.2. The number of carboxylic acid groups (broad SMARTS) is 1. The van der Waals surface area contributed by atoms with Gasteiger partial charge in [0.25, 0.3) is 0 Å². The number of rotatable bonds is 45. The van der Waals surface area contributed by atoms with E-state index in [1.54, 1.807) is 88.4 Å². The van der Waals surface area contributed by atoms with Gasteiger partial charge in [0.2, 0.25) is 65.0 Å². The number of nitrogens with zero attached hydrogens (tertiary/aromatic N) is 1. The summed E-state index contributed by atoms with van der Waals surface area (Å²) in [4.78, 5) is 175. The highest BCUT2D eigenvalue weighted by Gasteiger charge is 2.38. The lowest BCUT2D eigenvalue weighted by Gasteiger charge is -2.30. The zero-order chi connectivity index (χ0) is 78.7. The molecule has 0 aliphatic carbocycles. The zero-order valence-electron chi connectivity index (χ0n) is 60.5. The van der Waals surface area contributed by atoms with Crippen LogP contribution >= 0.6 is 0 Å². The summed E-state index contributed by atoms with van der Waals surface area (Å²) in [5, 5.41) is 80.2. The number of carbonyl (C=O) groups is 12. The van der Waals surface area contributed by atoms with Crippen molar-refractivity contribution in [2.75, 3.05) is 26.2 Å². The van der Waals surface area contributed by atoms with Crippen molar-refractivity contribution in [2.45, 2.75) is 172 Å². The lowest BCUT2D eigenvalue weighted by Crippen LogP contribution is -2.63. The van der Waals surface area contributed by atoms with Gasteiger partial charge in [-0.15, -0.1) is 0 Å². The van der Waals surface area contributed by atoms with Gasteiger partial charge >= 0.3 is 5.97 Å². The molecule has 4 aromatic carbocycles. The van der Waals surface area contributed by atoms with Crippen LogP contribution in [0.2, 0.25) is 0 Å². The number of amides is 11. The van der Waals surface area contributed by atoms with Crippen LogP contribution in [0.3, 0.4) is 0 Å². The van der Waals surface area contributed by atoms with Gasteiger partial charge in [-0.25, -0.2) is 9.78 Å². The summed E-state index contributed by atoms with van der Waals surface area (Å²) >= 11 is 0. The maximum atomic E-state index is 14.8. The van der Waals surface area contributed by atoms with Gasteiger partial charge in [-0.1, -0.05) is 113 Å². The highest BCUT2D eigenvalue weighted by atomic mass is 16.4. The maximum Gasteiger partial charge on any atom is 0.326 e. The van der Waals surface area contributed by atoms with E-state index in [0.717, 1.165) is 0 Å². The topological polar surface area (TPSA) is 561 Å². The van der Waals surface area contributed by atoms with E-state index in [2.05, 4.69) is 73.8 Å². The Balaban J connectivity index is 1.39. The number of nitrogens with one attached hydrogen (secondary N) is 14. The average Bonchev–Trinajstić information content (AvgIpc) is 1.22. The van der Waals surface area contributed by atoms with Gasteiger partial charge in [0.05, 0.1) is 25.5 Å². The molecule has 0 saturated carbocycles. The molecule has 580 valence electrons. The molecule has 24 N–H and O–H groups in total. The molecule has 0 aliphatic rings. The molecule has 107 heavy (non-hydrogen) atoms. The number of carboxylic acids is 1. The molecule has 5 rings (SSSR count). The number of guanidine groups is 1. The summed E-state index contributed by atoms with van der Waals surface area (Å²) in [5.74, 6) is -12.6. The van der Waals surface area contributed by atoms with Crippen LogP contribution in [-0.2, 0) is 89.6 Å². The number of unbranched alkanes of at least 4 members (excludes halogenated alkanes) is 1. The van der Waals surface area contributed by atoms with Crippen LogP contribution in [0.5, 0.6) is 11.5 Å². The number of phenols is 2. The molecule has 0 fully saturated rings. The van der Waals surface area contributed by atoms with Crippen LogP contribution in [0, 0.1) is 17.2 Å². The van der Waals surface area contributed by atoms with E-state index in [4.69, 9.17) is 22.6 Å². The van der Waals surface area contributed by atoms with Gasteiger partial charge in [0, 0.05) is 50.5 Å². The van der Waals surface area contributed by atoms with Gasteiger partial charge in [-0.2, -0.15) is 0 Å². The van der Waals surface area contributed by atoms with Crippen LogP contribution in [0.1, 0.15) is 101 Å². The molecule has 0 unspecified atom stereocenters. The lowest BCUT2D eigenvalue weighted by molar-refractivity contribution is -0.143. The summed E-state index contributed by atoms with van der Waals surface area (Å²) in [7, 11) is 0. The van der Waals surface area contributed by atoms with Crippen molar-refractivity contribution < 1.29 is 78.0 Å². The average molecular weight is 1490 g/mol. The summed E-state index contributed by atoms with van der Waals surface area (Å²) in [5.41, 5.74) is 18.9. The zero-order valence-corrected chi connectivity index (χ0v) is 60.5. The van der Waals surface area contributed by atoms with Crippen molar-refractivity contribution in [3.63, 3.8) is 0 Å². The van der Waals surface area contributed by atoms with Crippen molar-refractivity contribution in [2.24, 2.45) is 29.0 Å². The number of carbonyl (C=O) groups excluding carboxylic acids is 11. The Morgan fingerprint density at radius 1 is 0.458 bits per heavy atom. The second-order valence-corrected chi connectivity index (χ2v) is 26.6. The van der Waals surface area contributed by atoms with Crippen molar-refractivity contribution in [3.8, 4) is 11.5 Å². The number of benzene rings is 4. The third-order valence-corrected chi connectivity index (χ3v) is 16.9.